The number of hydrogen-bond acceptors (Lipinski definition) is 6. The summed E-state index contributed by atoms with van der Waals surface area (Å²) in [7, 11) is 1.26. The standard InChI is InChI=1S/C18H26N4O5/c1-13(2)12-14(19-18(24)27-3)17(23)21-10-8-20(9-11-21)15-6-4-5-7-16(15)22(25)26/h4-7,13-14H,8-12H2,1-3H3,(H,19,24). The number of benzene rings is 1. The molecule has 0 saturated carbocycles. The SMILES string of the molecule is COC(=O)NC(CC(C)C)C(=O)N1CCN(c2ccccc2[N+](=O)[O-])CC1. The summed E-state index contributed by atoms with van der Waals surface area (Å²) in [4.78, 5) is 38.8. The maximum Gasteiger partial charge on any atom is 0.407 e. The van der Waals surface area contributed by atoms with Crippen molar-refractivity contribution in [1.82, 2.24) is 10.2 Å². The molecule has 0 aromatic heterocycles. The lowest BCUT2D eigenvalue weighted by atomic mass is 10.0. The lowest BCUT2D eigenvalue weighted by molar-refractivity contribution is -0.384. The molecule has 1 atom stereocenters. The number of methoxy groups -OCH3 is 1. The average molecular weight is 378 g/mol. The number of nitrogens with one attached hydrogen (secondary N) is 1. The van der Waals surface area contributed by atoms with E-state index in [9.17, 15) is 19.7 Å². The van der Waals surface area contributed by atoms with E-state index in [4.69, 9.17) is 0 Å². The molecular weight excluding hydrogens is 352 g/mol. The van der Waals surface area contributed by atoms with Crippen LogP contribution in [0.25, 0.3) is 0 Å². The molecule has 1 aromatic carbocycles. The summed E-state index contributed by atoms with van der Waals surface area (Å²) in [5.41, 5.74) is 0.614. The number of amides is 2. The van der Waals surface area contributed by atoms with Gasteiger partial charge in [-0.3, -0.25) is 14.9 Å². The molecule has 9 heteroatoms. The van der Waals surface area contributed by atoms with E-state index in [0.717, 1.165) is 0 Å². The summed E-state index contributed by atoms with van der Waals surface area (Å²) in [5, 5.41) is 13.8. The molecule has 1 fully saturated rings. The molecule has 0 spiro atoms. The monoisotopic (exact) mass is 378 g/mol. The van der Waals surface area contributed by atoms with E-state index in [0.29, 0.717) is 38.3 Å². The van der Waals surface area contributed by atoms with E-state index >= 15 is 0 Å². The number of piperazine rings is 1. The fourth-order valence-electron chi connectivity index (χ4n) is 3.17. The molecule has 2 rings (SSSR count). The third-order valence-electron chi connectivity index (χ3n) is 4.49. The number of anilines is 1. The Bertz CT molecular complexity index is 686. The zero-order valence-corrected chi connectivity index (χ0v) is 15.9. The van der Waals surface area contributed by atoms with Crippen molar-refractivity contribution in [1.29, 1.82) is 0 Å². The van der Waals surface area contributed by atoms with Crippen LogP contribution in [0.15, 0.2) is 24.3 Å². The van der Waals surface area contributed by atoms with Crippen LogP contribution in [-0.2, 0) is 9.53 Å². The molecule has 27 heavy (non-hydrogen) atoms. The highest BCUT2D eigenvalue weighted by Crippen LogP contribution is 2.28. The molecule has 1 heterocycles. The van der Waals surface area contributed by atoms with Crippen LogP contribution in [0.5, 0.6) is 0 Å². The van der Waals surface area contributed by atoms with E-state index in [-0.39, 0.29) is 17.5 Å². The summed E-state index contributed by atoms with van der Waals surface area (Å²) in [5.74, 6) is 0.0701. The normalized spacial score (nSPS) is 15.4. The van der Waals surface area contributed by atoms with Gasteiger partial charge in [0.2, 0.25) is 5.91 Å². The zero-order valence-electron chi connectivity index (χ0n) is 15.9. The van der Waals surface area contributed by atoms with E-state index < -0.39 is 17.1 Å². The number of para-hydroxylation sites is 2. The van der Waals surface area contributed by atoms with Gasteiger partial charge in [-0.25, -0.2) is 4.79 Å². The summed E-state index contributed by atoms with van der Waals surface area (Å²) < 4.78 is 4.62. The quantitative estimate of drug-likeness (QED) is 0.600. The predicted molar refractivity (Wildman–Crippen MR) is 101 cm³/mol. The second-order valence-electron chi connectivity index (χ2n) is 6.88. The molecule has 1 aliphatic heterocycles. The number of nitro benzene ring substituents is 1. The average Bonchev–Trinajstić information content (AvgIpc) is 2.66. The van der Waals surface area contributed by atoms with E-state index in [2.05, 4.69) is 10.1 Å². The van der Waals surface area contributed by atoms with Gasteiger partial charge in [-0.2, -0.15) is 0 Å². The minimum atomic E-state index is -0.643. The van der Waals surface area contributed by atoms with Crippen molar-refractivity contribution >= 4 is 23.4 Å². The maximum atomic E-state index is 12.8. The van der Waals surface area contributed by atoms with Gasteiger partial charge in [-0.1, -0.05) is 26.0 Å². The Morgan fingerprint density at radius 2 is 1.85 bits per heavy atom. The smallest absolute Gasteiger partial charge is 0.407 e. The van der Waals surface area contributed by atoms with Crippen molar-refractivity contribution in [2.75, 3.05) is 38.2 Å². The molecule has 1 N–H and O–H groups in total. The zero-order chi connectivity index (χ0) is 20.0. The number of hydrogen-bond donors (Lipinski definition) is 1. The summed E-state index contributed by atoms with van der Waals surface area (Å²) >= 11 is 0. The Hall–Kier alpha value is -2.84. The number of ether oxygens (including phenoxy) is 1. The third-order valence-corrected chi connectivity index (χ3v) is 4.49. The first-order valence-corrected chi connectivity index (χ1v) is 8.95. The van der Waals surface area contributed by atoms with Crippen molar-refractivity contribution in [2.45, 2.75) is 26.3 Å². The molecule has 1 saturated heterocycles. The van der Waals surface area contributed by atoms with E-state index in [1.54, 1.807) is 23.1 Å². The Balaban J connectivity index is 2.04. The van der Waals surface area contributed by atoms with Gasteiger partial charge in [-0.15, -0.1) is 0 Å². The highest BCUT2D eigenvalue weighted by Gasteiger charge is 2.30. The number of nitro groups is 1. The summed E-state index contributed by atoms with van der Waals surface area (Å²) in [6, 6.07) is 5.95. The largest absolute Gasteiger partial charge is 0.453 e. The van der Waals surface area contributed by atoms with Crippen LogP contribution in [-0.4, -0.2) is 61.2 Å². The fourth-order valence-corrected chi connectivity index (χ4v) is 3.17. The molecule has 0 radical (unpaired) electrons. The molecule has 0 bridgehead atoms. The predicted octanol–water partition coefficient (Wildman–Crippen LogP) is 2.01. The molecular formula is C18H26N4O5. The fraction of sp³-hybridized carbons (Fsp3) is 0.556. The van der Waals surface area contributed by atoms with Crippen LogP contribution in [0.4, 0.5) is 16.2 Å². The second kappa shape index (κ2) is 9.20. The third kappa shape index (κ3) is 5.32. The van der Waals surface area contributed by atoms with E-state index in [1.165, 1.54) is 13.2 Å². The van der Waals surface area contributed by atoms with Crippen LogP contribution in [0.3, 0.4) is 0 Å². The Morgan fingerprint density at radius 3 is 2.41 bits per heavy atom. The number of carbonyl (C=O) groups is 2. The summed E-state index contributed by atoms with van der Waals surface area (Å²) in [6.07, 6.45) is -0.120. The minimum absolute atomic E-state index is 0.0577. The van der Waals surface area contributed by atoms with Gasteiger partial charge in [0, 0.05) is 32.2 Å². The number of nitrogens with zero attached hydrogens (tertiary/aromatic N) is 3. The lowest BCUT2D eigenvalue weighted by Crippen LogP contribution is -2.55. The minimum Gasteiger partial charge on any atom is -0.453 e. The van der Waals surface area contributed by atoms with Gasteiger partial charge in [0.15, 0.2) is 0 Å². The first-order valence-electron chi connectivity index (χ1n) is 8.95. The van der Waals surface area contributed by atoms with Crippen molar-refractivity contribution in [3.63, 3.8) is 0 Å². The second-order valence-corrected chi connectivity index (χ2v) is 6.88. The van der Waals surface area contributed by atoms with Crippen molar-refractivity contribution in [3.05, 3.63) is 34.4 Å². The van der Waals surface area contributed by atoms with Crippen molar-refractivity contribution in [3.8, 4) is 0 Å². The van der Waals surface area contributed by atoms with Crippen LogP contribution in [0, 0.1) is 16.0 Å². The van der Waals surface area contributed by atoms with Crippen LogP contribution in [0.2, 0.25) is 0 Å². The van der Waals surface area contributed by atoms with Gasteiger partial charge in [-0.05, 0) is 18.4 Å². The molecule has 1 aliphatic rings. The number of rotatable bonds is 6. The first kappa shape index (κ1) is 20.5. The summed E-state index contributed by atoms with van der Waals surface area (Å²) in [6.45, 7) is 5.80. The van der Waals surface area contributed by atoms with Gasteiger partial charge >= 0.3 is 6.09 Å². The molecule has 0 aliphatic carbocycles. The Kier molecular flexibility index (Phi) is 6.98. The van der Waals surface area contributed by atoms with Gasteiger partial charge in [0.05, 0.1) is 12.0 Å². The number of carbonyl (C=O) groups excluding carboxylic acids is 2. The molecule has 9 nitrogen and oxygen atoms in total. The first-order chi connectivity index (χ1) is 12.8. The van der Waals surface area contributed by atoms with Gasteiger partial charge in [0.25, 0.3) is 5.69 Å². The van der Waals surface area contributed by atoms with Crippen molar-refractivity contribution < 1.29 is 19.2 Å². The molecule has 148 valence electrons. The van der Waals surface area contributed by atoms with Crippen molar-refractivity contribution in [2.24, 2.45) is 5.92 Å². The van der Waals surface area contributed by atoms with E-state index in [1.807, 2.05) is 18.7 Å². The van der Waals surface area contributed by atoms with Gasteiger partial charge < -0.3 is 19.9 Å². The van der Waals surface area contributed by atoms with Crippen LogP contribution >= 0.6 is 0 Å². The lowest BCUT2D eigenvalue weighted by Gasteiger charge is -2.37. The van der Waals surface area contributed by atoms with Crippen LogP contribution in [0.1, 0.15) is 20.3 Å². The Morgan fingerprint density at radius 1 is 1.22 bits per heavy atom. The molecule has 1 aromatic rings. The van der Waals surface area contributed by atoms with Crippen LogP contribution < -0.4 is 10.2 Å². The molecule has 2 amide bonds. The highest BCUT2D eigenvalue weighted by molar-refractivity contribution is 5.86. The Labute approximate surface area is 158 Å². The number of alkyl carbamates (subject to hydrolysis) is 1. The highest BCUT2D eigenvalue weighted by atomic mass is 16.6. The maximum absolute atomic E-state index is 12.8. The van der Waals surface area contributed by atoms with Gasteiger partial charge in [0.1, 0.15) is 11.7 Å². The molecule has 1 unspecified atom stereocenters. The topological polar surface area (TPSA) is 105 Å².